The molecule has 0 aliphatic rings. The van der Waals surface area contributed by atoms with Gasteiger partial charge in [0.05, 0.1) is 17.7 Å². The molecule has 0 unspecified atom stereocenters. The zero-order valence-electron chi connectivity index (χ0n) is 14.6. The van der Waals surface area contributed by atoms with Crippen LogP contribution in [0.4, 0.5) is 14.5 Å². The highest BCUT2D eigenvalue weighted by Gasteiger charge is 2.13. The number of ether oxygens (including phenoxy) is 1. The van der Waals surface area contributed by atoms with Gasteiger partial charge < -0.3 is 15.4 Å². The molecule has 2 N–H and O–H groups in total. The summed E-state index contributed by atoms with van der Waals surface area (Å²) < 4.78 is 31.2. The van der Waals surface area contributed by atoms with Crippen LogP contribution in [0.3, 0.4) is 0 Å². The maximum absolute atomic E-state index is 13.5. The Morgan fingerprint density at radius 2 is 1.74 bits per heavy atom. The number of benzene rings is 2. The van der Waals surface area contributed by atoms with Crippen molar-refractivity contribution in [2.45, 2.75) is 13.3 Å². The van der Waals surface area contributed by atoms with Crippen molar-refractivity contribution in [1.82, 2.24) is 5.32 Å². The molecule has 0 aliphatic heterocycles. The lowest BCUT2D eigenvalue weighted by Crippen LogP contribution is -2.28. The van der Waals surface area contributed by atoms with E-state index in [0.29, 0.717) is 17.3 Å². The molecule has 2 rings (SSSR count). The minimum Gasteiger partial charge on any atom is -0.462 e. The summed E-state index contributed by atoms with van der Waals surface area (Å²) in [5, 5.41) is 5.00. The highest BCUT2D eigenvalue weighted by Crippen LogP contribution is 2.11. The van der Waals surface area contributed by atoms with E-state index >= 15 is 0 Å². The summed E-state index contributed by atoms with van der Waals surface area (Å²) in [6.45, 7) is 1.95. The molecule has 0 radical (unpaired) electrons. The highest BCUT2D eigenvalue weighted by molar-refractivity contribution is 5.96. The zero-order chi connectivity index (χ0) is 19.8. The first-order valence-electron chi connectivity index (χ1n) is 8.21. The number of amides is 2. The molecule has 0 bridgehead atoms. The molecule has 0 saturated carbocycles. The van der Waals surface area contributed by atoms with Crippen LogP contribution in [0, 0.1) is 11.6 Å². The molecular formula is C19H18F2N2O4. The molecule has 2 amide bonds. The zero-order valence-corrected chi connectivity index (χ0v) is 14.6. The number of esters is 1. The summed E-state index contributed by atoms with van der Waals surface area (Å²) >= 11 is 0. The van der Waals surface area contributed by atoms with E-state index in [1.807, 2.05) is 0 Å². The number of rotatable bonds is 7. The van der Waals surface area contributed by atoms with Crippen molar-refractivity contribution < 1.29 is 27.9 Å². The Morgan fingerprint density at radius 3 is 2.37 bits per heavy atom. The fraction of sp³-hybridized carbons (Fsp3) is 0.211. The van der Waals surface area contributed by atoms with Gasteiger partial charge in [-0.2, -0.15) is 0 Å². The number of nitrogens with one attached hydrogen (secondary N) is 2. The van der Waals surface area contributed by atoms with Crippen LogP contribution in [0.5, 0.6) is 0 Å². The standard InChI is InChI=1S/C19H18F2N2O4/c1-2-27-19(26)12-3-6-14(7-4-12)23-17(24)9-10-22-18(25)15-8-5-13(20)11-16(15)21/h3-8,11H,2,9-10H2,1H3,(H,22,25)(H,23,24). The Balaban J connectivity index is 1.80. The first-order valence-corrected chi connectivity index (χ1v) is 8.21. The van der Waals surface area contributed by atoms with Crippen molar-refractivity contribution in [3.8, 4) is 0 Å². The molecule has 0 saturated heterocycles. The lowest BCUT2D eigenvalue weighted by Gasteiger charge is -2.08. The van der Waals surface area contributed by atoms with Crippen LogP contribution >= 0.6 is 0 Å². The molecule has 2 aromatic carbocycles. The average Bonchev–Trinajstić information content (AvgIpc) is 2.62. The largest absolute Gasteiger partial charge is 0.462 e. The lowest BCUT2D eigenvalue weighted by molar-refractivity contribution is -0.116. The van der Waals surface area contributed by atoms with Crippen molar-refractivity contribution in [2.24, 2.45) is 0 Å². The van der Waals surface area contributed by atoms with Crippen LogP contribution in [0.1, 0.15) is 34.1 Å². The smallest absolute Gasteiger partial charge is 0.338 e. The average molecular weight is 376 g/mol. The van der Waals surface area contributed by atoms with Gasteiger partial charge in [0.25, 0.3) is 5.91 Å². The molecule has 0 aromatic heterocycles. The van der Waals surface area contributed by atoms with E-state index in [0.717, 1.165) is 12.1 Å². The monoisotopic (exact) mass is 376 g/mol. The topological polar surface area (TPSA) is 84.5 Å². The molecular weight excluding hydrogens is 358 g/mol. The van der Waals surface area contributed by atoms with Gasteiger partial charge in [0.1, 0.15) is 11.6 Å². The van der Waals surface area contributed by atoms with Gasteiger partial charge in [-0.3, -0.25) is 9.59 Å². The number of carbonyl (C=O) groups is 3. The first-order chi connectivity index (χ1) is 12.9. The van der Waals surface area contributed by atoms with Crippen LogP contribution in [0.25, 0.3) is 0 Å². The van der Waals surface area contributed by atoms with Crippen molar-refractivity contribution in [3.63, 3.8) is 0 Å². The third kappa shape index (κ3) is 5.88. The summed E-state index contributed by atoms with van der Waals surface area (Å²) in [4.78, 5) is 35.3. The Bertz CT molecular complexity index is 838. The number of hydrogen-bond acceptors (Lipinski definition) is 4. The summed E-state index contributed by atoms with van der Waals surface area (Å²) in [6.07, 6.45) is -0.0474. The molecule has 0 heterocycles. The summed E-state index contributed by atoms with van der Waals surface area (Å²) in [7, 11) is 0. The predicted molar refractivity (Wildman–Crippen MR) is 94.3 cm³/mol. The van der Waals surface area contributed by atoms with E-state index in [1.54, 1.807) is 19.1 Å². The minimum absolute atomic E-state index is 0.0254. The van der Waals surface area contributed by atoms with Crippen molar-refractivity contribution in [3.05, 3.63) is 65.2 Å². The van der Waals surface area contributed by atoms with Gasteiger partial charge in [-0.25, -0.2) is 13.6 Å². The van der Waals surface area contributed by atoms with Gasteiger partial charge in [-0.15, -0.1) is 0 Å². The molecule has 8 heteroatoms. The van der Waals surface area contributed by atoms with Crippen LogP contribution in [-0.2, 0) is 9.53 Å². The molecule has 0 aliphatic carbocycles. The van der Waals surface area contributed by atoms with Crippen molar-refractivity contribution in [1.29, 1.82) is 0 Å². The van der Waals surface area contributed by atoms with E-state index < -0.39 is 23.5 Å². The second kappa shape index (κ2) is 9.42. The van der Waals surface area contributed by atoms with Gasteiger partial charge in [0.15, 0.2) is 0 Å². The Morgan fingerprint density at radius 1 is 1.04 bits per heavy atom. The number of hydrogen-bond donors (Lipinski definition) is 2. The van der Waals surface area contributed by atoms with Crippen molar-refractivity contribution in [2.75, 3.05) is 18.5 Å². The van der Waals surface area contributed by atoms with E-state index in [-0.39, 0.29) is 31.0 Å². The van der Waals surface area contributed by atoms with E-state index in [1.165, 1.54) is 12.1 Å². The van der Waals surface area contributed by atoms with E-state index in [4.69, 9.17) is 4.74 Å². The molecule has 142 valence electrons. The molecule has 0 spiro atoms. The van der Waals surface area contributed by atoms with Crippen LogP contribution in [-0.4, -0.2) is 30.9 Å². The number of halogens is 2. The Kier molecular flexibility index (Phi) is 6.99. The van der Waals surface area contributed by atoms with Gasteiger partial charge >= 0.3 is 5.97 Å². The van der Waals surface area contributed by atoms with E-state index in [9.17, 15) is 23.2 Å². The molecule has 0 fully saturated rings. The first kappa shape index (κ1) is 20.0. The van der Waals surface area contributed by atoms with Gasteiger partial charge in [-0.1, -0.05) is 0 Å². The van der Waals surface area contributed by atoms with E-state index in [2.05, 4.69) is 10.6 Å². The van der Waals surface area contributed by atoms with Crippen LogP contribution < -0.4 is 10.6 Å². The number of anilines is 1. The maximum atomic E-state index is 13.5. The van der Waals surface area contributed by atoms with Crippen LogP contribution in [0.15, 0.2) is 42.5 Å². The highest BCUT2D eigenvalue weighted by atomic mass is 19.1. The molecule has 2 aromatic rings. The summed E-state index contributed by atoms with van der Waals surface area (Å²) in [5.41, 5.74) is 0.541. The summed E-state index contributed by atoms with van der Waals surface area (Å²) in [5.74, 6) is -3.32. The lowest BCUT2D eigenvalue weighted by atomic mass is 10.2. The second-order valence-electron chi connectivity index (χ2n) is 5.48. The number of carbonyl (C=O) groups excluding carboxylic acids is 3. The van der Waals surface area contributed by atoms with Gasteiger partial charge in [-0.05, 0) is 43.3 Å². The molecule has 6 nitrogen and oxygen atoms in total. The maximum Gasteiger partial charge on any atom is 0.338 e. The normalized spacial score (nSPS) is 10.2. The summed E-state index contributed by atoms with van der Waals surface area (Å²) in [6, 6.07) is 8.77. The van der Waals surface area contributed by atoms with Crippen molar-refractivity contribution >= 4 is 23.5 Å². The van der Waals surface area contributed by atoms with Gasteiger partial charge in [0.2, 0.25) is 5.91 Å². The fourth-order valence-corrected chi connectivity index (χ4v) is 2.19. The van der Waals surface area contributed by atoms with Crippen LogP contribution in [0.2, 0.25) is 0 Å². The Labute approximate surface area is 154 Å². The SMILES string of the molecule is CCOC(=O)c1ccc(NC(=O)CCNC(=O)c2ccc(F)cc2F)cc1. The fourth-order valence-electron chi connectivity index (χ4n) is 2.19. The predicted octanol–water partition coefficient (Wildman–Crippen LogP) is 2.90. The third-order valence-corrected chi connectivity index (χ3v) is 3.49. The second-order valence-corrected chi connectivity index (χ2v) is 5.48. The quantitative estimate of drug-likeness (QED) is 0.728. The third-order valence-electron chi connectivity index (χ3n) is 3.49. The minimum atomic E-state index is -0.973. The van der Waals surface area contributed by atoms with Gasteiger partial charge in [0, 0.05) is 24.7 Å². The molecule has 27 heavy (non-hydrogen) atoms. The Hall–Kier alpha value is -3.29. The molecule has 0 atom stereocenters.